The molecule has 4 rings (SSSR count). The Balaban J connectivity index is 2.00. The fraction of sp³-hybridized carbons (Fsp3) is 0.263. The zero-order valence-corrected chi connectivity index (χ0v) is 10.9. The van der Waals surface area contributed by atoms with E-state index in [0.717, 1.165) is 6.42 Å². The van der Waals surface area contributed by atoms with Crippen molar-refractivity contribution in [3.8, 4) is 0 Å². The van der Waals surface area contributed by atoms with Gasteiger partial charge in [-0.1, -0.05) is 68.4 Å². The predicted octanol–water partition coefficient (Wildman–Crippen LogP) is 5.51. The van der Waals surface area contributed by atoms with Gasteiger partial charge in [0.25, 0.3) is 0 Å². The van der Waals surface area contributed by atoms with E-state index in [1.54, 1.807) is 0 Å². The molecule has 0 aromatic heterocycles. The van der Waals surface area contributed by atoms with E-state index in [4.69, 9.17) is 2.74 Å². The first-order chi connectivity index (χ1) is 10.3. The quantitative estimate of drug-likeness (QED) is 0.498. The second kappa shape index (κ2) is 3.60. The summed E-state index contributed by atoms with van der Waals surface area (Å²) in [6.07, 6.45) is 0.988. The van der Waals surface area contributed by atoms with E-state index in [1.807, 2.05) is 0 Å². The largest absolute Gasteiger partial charge is 0.0616 e. The molecule has 0 bridgehead atoms. The smallest absolute Gasteiger partial charge is 0.0236 e. The Morgan fingerprint density at radius 2 is 1.63 bits per heavy atom. The molecule has 0 heterocycles. The highest BCUT2D eigenvalue weighted by molar-refractivity contribution is 6.09. The van der Waals surface area contributed by atoms with E-state index in [1.165, 1.54) is 27.1 Å². The monoisotopic (exact) mass is 248 g/mol. The standard InChI is InChI=1S/C19H18/c1-19(2)12-18(19)17-11-13-7-3-4-8-14(13)15-9-5-6-10-16(15)17/h3-11,18H,12H2,1-2H3/i1D,2D. The van der Waals surface area contributed by atoms with Gasteiger partial charge in [0.2, 0.25) is 0 Å². The van der Waals surface area contributed by atoms with Crippen LogP contribution in [0.1, 0.15) is 34.4 Å². The van der Waals surface area contributed by atoms with Gasteiger partial charge in [0.15, 0.2) is 0 Å². The summed E-state index contributed by atoms with van der Waals surface area (Å²) in [6, 6.07) is 19.3. The van der Waals surface area contributed by atoms with Crippen molar-refractivity contribution in [2.45, 2.75) is 26.1 Å². The Morgan fingerprint density at radius 1 is 0.947 bits per heavy atom. The molecule has 1 aliphatic carbocycles. The van der Waals surface area contributed by atoms with Gasteiger partial charge in [0.1, 0.15) is 0 Å². The van der Waals surface area contributed by atoms with Gasteiger partial charge in [0, 0.05) is 2.74 Å². The summed E-state index contributed by atoms with van der Waals surface area (Å²) in [4.78, 5) is 0. The fourth-order valence-corrected chi connectivity index (χ4v) is 3.16. The molecule has 0 radical (unpaired) electrons. The molecule has 0 amide bonds. The SMILES string of the molecule is [2H]CC1(C[2H])CC1c1cc2ccccc2c2ccccc12. The molecule has 0 spiro atoms. The maximum Gasteiger partial charge on any atom is 0.0236 e. The number of fused-ring (bicyclic) bond motifs is 3. The van der Waals surface area contributed by atoms with E-state index in [0.29, 0.717) is 19.7 Å². The van der Waals surface area contributed by atoms with Crippen LogP contribution < -0.4 is 0 Å². The Kier molecular flexibility index (Phi) is 1.73. The maximum atomic E-state index is 7.80. The van der Waals surface area contributed by atoms with Gasteiger partial charge < -0.3 is 0 Å². The zero-order chi connectivity index (χ0) is 14.4. The molecule has 0 saturated heterocycles. The van der Waals surface area contributed by atoms with Gasteiger partial charge in [0.05, 0.1) is 0 Å². The summed E-state index contributed by atoms with van der Waals surface area (Å²) in [7, 11) is 0. The Labute approximate surface area is 116 Å². The van der Waals surface area contributed by atoms with Crippen molar-refractivity contribution in [1.82, 2.24) is 0 Å². The molecule has 94 valence electrons. The summed E-state index contributed by atoms with van der Waals surface area (Å²) >= 11 is 0. The minimum absolute atomic E-state index is 0.106. The number of rotatable bonds is 1. The zero-order valence-electron chi connectivity index (χ0n) is 12.9. The van der Waals surface area contributed by atoms with Crippen molar-refractivity contribution in [2.75, 3.05) is 0 Å². The average molecular weight is 248 g/mol. The predicted molar refractivity (Wildman–Crippen MR) is 82.6 cm³/mol. The number of hydrogen-bond acceptors (Lipinski definition) is 0. The molecule has 3 aromatic rings. The molecule has 1 atom stereocenters. The van der Waals surface area contributed by atoms with Crippen molar-refractivity contribution >= 4 is 21.5 Å². The molecule has 1 unspecified atom stereocenters. The Morgan fingerprint density at radius 3 is 2.37 bits per heavy atom. The maximum absolute atomic E-state index is 7.80. The molecule has 1 saturated carbocycles. The van der Waals surface area contributed by atoms with Crippen molar-refractivity contribution < 1.29 is 2.74 Å². The highest BCUT2D eigenvalue weighted by atomic mass is 14.5. The molecular formula is C19H18. The first-order valence-electron chi connectivity index (χ1n) is 8.19. The van der Waals surface area contributed by atoms with E-state index in [-0.39, 0.29) is 5.41 Å². The lowest BCUT2D eigenvalue weighted by atomic mass is 9.92. The minimum atomic E-state index is -0.106. The van der Waals surface area contributed by atoms with Crippen LogP contribution in [0.4, 0.5) is 0 Å². The van der Waals surface area contributed by atoms with E-state index >= 15 is 0 Å². The number of benzene rings is 3. The minimum Gasteiger partial charge on any atom is -0.0616 e. The molecular weight excluding hydrogens is 228 g/mol. The van der Waals surface area contributed by atoms with E-state index in [9.17, 15) is 0 Å². The Bertz CT molecular complexity index is 818. The van der Waals surface area contributed by atoms with Crippen molar-refractivity contribution in [3.63, 3.8) is 0 Å². The normalized spacial score (nSPS) is 22.2. The lowest BCUT2D eigenvalue weighted by Gasteiger charge is -2.11. The van der Waals surface area contributed by atoms with Crippen LogP contribution in [-0.2, 0) is 0 Å². The summed E-state index contributed by atoms with van der Waals surface area (Å²) in [5.74, 6) is 0.377. The van der Waals surface area contributed by atoms with Crippen LogP contribution in [0.25, 0.3) is 21.5 Å². The summed E-state index contributed by atoms with van der Waals surface area (Å²) < 4.78 is 15.6. The van der Waals surface area contributed by atoms with Crippen LogP contribution in [0.5, 0.6) is 0 Å². The van der Waals surface area contributed by atoms with Crippen LogP contribution in [0, 0.1) is 5.41 Å². The average Bonchev–Trinajstić information content (AvgIpc) is 3.29. The van der Waals surface area contributed by atoms with Gasteiger partial charge in [-0.25, -0.2) is 0 Å². The van der Waals surface area contributed by atoms with Crippen LogP contribution in [-0.4, -0.2) is 0 Å². The third-order valence-corrected chi connectivity index (χ3v) is 4.37. The molecule has 0 N–H and O–H groups in total. The van der Waals surface area contributed by atoms with Gasteiger partial charge in [-0.2, -0.15) is 0 Å². The molecule has 0 heteroatoms. The first kappa shape index (κ1) is 9.14. The third-order valence-electron chi connectivity index (χ3n) is 4.37. The topological polar surface area (TPSA) is 0 Å². The molecule has 1 fully saturated rings. The lowest BCUT2D eigenvalue weighted by molar-refractivity contribution is 0.623. The Hall–Kier alpha value is -1.82. The van der Waals surface area contributed by atoms with Crippen molar-refractivity contribution in [2.24, 2.45) is 5.41 Å². The second-order valence-electron chi connectivity index (χ2n) is 5.85. The van der Waals surface area contributed by atoms with E-state index < -0.39 is 0 Å². The molecule has 1 aliphatic rings. The van der Waals surface area contributed by atoms with Crippen LogP contribution in [0.3, 0.4) is 0 Å². The van der Waals surface area contributed by atoms with Crippen LogP contribution in [0.15, 0.2) is 54.6 Å². The summed E-state index contributed by atoms with van der Waals surface area (Å²) in [5, 5.41) is 5.15. The van der Waals surface area contributed by atoms with E-state index in [2.05, 4.69) is 54.6 Å². The van der Waals surface area contributed by atoms with Crippen molar-refractivity contribution in [3.05, 3.63) is 60.2 Å². The summed E-state index contributed by atoms with van der Waals surface area (Å²) in [5.41, 5.74) is 1.23. The number of hydrogen-bond donors (Lipinski definition) is 0. The van der Waals surface area contributed by atoms with Crippen LogP contribution >= 0.6 is 0 Å². The third kappa shape index (κ3) is 1.59. The molecule has 0 aliphatic heterocycles. The van der Waals surface area contributed by atoms with Crippen LogP contribution in [0.2, 0.25) is 0 Å². The molecule has 19 heavy (non-hydrogen) atoms. The summed E-state index contributed by atoms with van der Waals surface area (Å²) in [6.45, 7) is 0.727. The van der Waals surface area contributed by atoms with Gasteiger partial charge in [-0.3, -0.25) is 0 Å². The van der Waals surface area contributed by atoms with Crippen molar-refractivity contribution in [1.29, 1.82) is 0 Å². The fourth-order valence-electron chi connectivity index (χ4n) is 3.16. The highest BCUT2D eigenvalue weighted by Gasteiger charge is 2.47. The van der Waals surface area contributed by atoms with Gasteiger partial charge >= 0.3 is 0 Å². The first-order valence-corrected chi connectivity index (χ1v) is 6.78. The second-order valence-corrected chi connectivity index (χ2v) is 5.85. The molecule has 3 aromatic carbocycles. The highest BCUT2D eigenvalue weighted by Crippen LogP contribution is 2.60. The lowest BCUT2D eigenvalue weighted by Crippen LogP contribution is -1.92. The van der Waals surface area contributed by atoms with Gasteiger partial charge in [-0.15, -0.1) is 0 Å². The molecule has 0 nitrogen and oxygen atoms in total. The van der Waals surface area contributed by atoms with Gasteiger partial charge in [-0.05, 0) is 44.9 Å².